The van der Waals surface area contributed by atoms with E-state index in [2.05, 4.69) is 20.4 Å². The van der Waals surface area contributed by atoms with Crippen molar-refractivity contribution in [2.75, 3.05) is 0 Å². The zero-order valence-corrected chi connectivity index (χ0v) is 11.8. The van der Waals surface area contributed by atoms with Crippen LogP contribution in [0.5, 0.6) is 0 Å². The lowest BCUT2D eigenvalue weighted by Gasteiger charge is -2.02. The van der Waals surface area contributed by atoms with E-state index < -0.39 is 0 Å². The van der Waals surface area contributed by atoms with Crippen molar-refractivity contribution in [2.24, 2.45) is 0 Å². The van der Waals surface area contributed by atoms with E-state index in [0.29, 0.717) is 22.5 Å². The summed E-state index contributed by atoms with van der Waals surface area (Å²) in [6.07, 6.45) is 1.64. The summed E-state index contributed by atoms with van der Waals surface area (Å²) in [5.41, 5.74) is 1.72. The van der Waals surface area contributed by atoms with Crippen molar-refractivity contribution in [1.82, 2.24) is 25.2 Å². The Morgan fingerprint density at radius 1 is 1.15 bits per heavy atom. The van der Waals surface area contributed by atoms with Crippen LogP contribution in [0.4, 0.5) is 0 Å². The lowest BCUT2D eigenvalue weighted by Crippen LogP contribution is -2.03. The van der Waals surface area contributed by atoms with Gasteiger partial charge in [-0.15, -0.1) is 26.6 Å². The van der Waals surface area contributed by atoms with Gasteiger partial charge in [0.05, 0.1) is 5.02 Å². The number of pyridine rings is 1. The van der Waals surface area contributed by atoms with Crippen molar-refractivity contribution in [2.45, 2.75) is 5.88 Å². The van der Waals surface area contributed by atoms with Gasteiger partial charge in [0.2, 0.25) is 5.82 Å². The van der Waals surface area contributed by atoms with Crippen molar-refractivity contribution < 1.29 is 0 Å². The Morgan fingerprint density at radius 2 is 1.95 bits per heavy atom. The average Bonchev–Trinajstić information content (AvgIpc) is 2.97. The van der Waals surface area contributed by atoms with Crippen LogP contribution >= 0.6 is 23.2 Å². The van der Waals surface area contributed by atoms with Gasteiger partial charge in [0, 0.05) is 17.6 Å². The maximum Gasteiger partial charge on any atom is 0.205 e. The zero-order valence-electron chi connectivity index (χ0n) is 10.2. The topological polar surface area (TPSA) is 56.5 Å². The first-order valence-corrected chi connectivity index (χ1v) is 6.75. The highest BCUT2D eigenvalue weighted by molar-refractivity contribution is 6.32. The van der Waals surface area contributed by atoms with Gasteiger partial charge < -0.3 is 0 Å². The highest BCUT2D eigenvalue weighted by Gasteiger charge is 2.11. The number of tetrazole rings is 1. The van der Waals surface area contributed by atoms with Gasteiger partial charge in [0.25, 0.3) is 0 Å². The molecular weight excluding hydrogens is 297 g/mol. The van der Waals surface area contributed by atoms with E-state index in [-0.39, 0.29) is 0 Å². The molecule has 0 radical (unpaired) electrons. The molecule has 0 unspecified atom stereocenters. The normalized spacial score (nSPS) is 10.7. The SMILES string of the molecule is ClCc1cnc(-n2nnc(-c3ccccc3)n2)c(Cl)c1. The summed E-state index contributed by atoms with van der Waals surface area (Å²) in [5.74, 6) is 1.30. The molecule has 0 saturated heterocycles. The number of aromatic nitrogens is 5. The molecule has 2 aromatic heterocycles. The van der Waals surface area contributed by atoms with Crippen LogP contribution in [0.15, 0.2) is 42.6 Å². The van der Waals surface area contributed by atoms with E-state index in [1.54, 1.807) is 12.3 Å². The molecule has 0 N–H and O–H groups in total. The van der Waals surface area contributed by atoms with Gasteiger partial charge in [-0.05, 0) is 16.8 Å². The number of benzene rings is 1. The fourth-order valence-electron chi connectivity index (χ4n) is 1.70. The van der Waals surface area contributed by atoms with Crippen LogP contribution in [0, 0.1) is 0 Å². The van der Waals surface area contributed by atoms with Crippen molar-refractivity contribution in [1.29, 1.82) is 0 Å². The van der Waals surface area contributed by atoms with Gasteiger partial charge in [0.15, 0.2) is 5.82 Å². The molecule has 7 heteroatoms. The monoisotopic (exact) mass is 305 g/mol. The van der Waals surface area contributed by atoms with Crippen LogP contribution in [-0.2, 0) is 5.88 Å². The second kappa shape index (κ2) is 5.56. The Morgan fingerprint density at radius 3 is 2.65 bits per heavy atom. The quantitative estimate of drug-likeness (QED) is 0.698. The first kappa shape index (κ1) is 13.0. The summed E-state index contributed by atoms with van der Waals surface area (Å²) < 4.78 is 0. The summed E-state index contributed by atoms with van der Waals surface area (Å²) in [5, 5.41) is 12.7. The summed E-state index contributed by atoms with van der Waals surface area (Å²) >= 11 is 11.9. The maximum atomic E-state index is 6.15. The molecule has 0 amide bonds. The molecule has 2 heterocycles. The Labute approximate surface area is 125 Å². The Balaban J connectivity index is 1.98. The summed E-state index contributed by atoms with van der Waals surface area (Å²) in [4.78, 5) is 5.52. The molecule has 0 atom stereocenters. The van der Waals surface area contributed by atoms with Crippen molar-refractivity contribution >= 4 is 23.2 Å². The van der Waals surface area contributed by atoms with Gasteiger partial charge >= 0.3 is 0 Å². The highest BCUT2D eigenvalue weighted by atomic mass is 35.5. The predicted molar refractivity (Wildman–Crippen MR) is 77.0 cm³/mol. The first-order chi connectivity index (χ1) is 9.78. The molecule has 0 aliphatic rings. The Kier molecular flexibility index (Phi) is 3.62. The van der Waals surface area contributed by atoms with Crippen molar-refractivity contribution in [3.63, 3.8) is 0 Å². The van der Waals surface area contributed by atoms with Crippen LogP contribution in [0.25, 0.3) is 17.2 Å². The van der Waals surface area contributed by atoms with Crippen LogP contribution in [0.2, 0.25) is 5.02 Å². The summed E-state index contributed by atoms with van der Waals surface area (Å²) in [6.45, 7) is 0. The molecule has 0 aliphatic heterocycles. The molecule has 0 saturated carbocycles. The third kappa shape index (κ3) is 2.50. The molecule has 0 spiro atoms. The lowest BCUT2D eigenvalue weighted by atomic mass is 10.2. The fourth-order valence-corrected chi connectivity index (χ4v) is 2.11. The number of hydrogen-bond acceptors (Lipinski definition) is 4. The van der Waals surface area contributed by atoms with Gasteiger partial charge in [-0.1, -0.05) is 41.9 Å². The predicted octanol–water partition coefficient (Wildman–Crippen LogP) is 3.12. The third-order valence-corrected chi connectivity index (χ3v) is 3.25. The van der Waals surface area contributed by atoms with Crippen molar-refractivity contribution in [3.05, 3.63) is 53.2 Å². The first-order valence-electron chi connectivity index (χ1n) is 5.84. The molecule has 0 bridgehead atoms. The highest BCUT2D eigenvalue weighted by Crippen LogP contribution is 2.20. The number of nitrogens with zero attached hydrogens (tertiary/aromatic N) is 5. The van der Waals surface area contributed by atoms with Crippen LogP contribution in [-0.4, -0.2) is 25.2 Å². The molecule has 0 aliphatic carbocycles. The largest absolute Gasteiger partial charge is 0.234 e. The van der Waals surface area contributed by atoms with Crippen molar-refractivity contribution in [3.8, 4) is 17.2 Å². The van der Waals surface area contributed by atoms with E-state index in [9.17, 15) is 0 Å². The second-order valence-corrected chi connectivity index (χ2v) is 4.73. The minimum Gasteiger partial charge on any atom is -0.234 e. The molecule has 0 fully saturated rings. The molecule has 1 aromatic carbocycles. The molecular formula is C13H9Cl2N5. The van der Waals surface area contributed by atoms with E-state index in [1.807, 2.05) is 30.3 Å². The van der Waals surface area contributed by atoms with E-state index >= 15 is 0 Å². The van der Waals surface area contributed by atoms with Gasteiger partial charge in [-0.3, -0.25) is 0 Å². The van der Waals surface area contributed by atoms with Crippen LogP contribution < -0.4 is 0 Å². The lowest BCUT2D eigenvalue weighted by molar-refractivity contribution is 0.700. The van der Waals surface area contributed by atoms with Gasteiger partial charge in [-0.2, -0.15) is 0 Å². The van der Waals surface area contributed by atoms with E-state index in [1.165, 1.54) is 4.80 Å². The number of hydrogen-bond donors (Lipinski definition) is 0. The smallest absolute Gasteiger partial charge is 0.205 e. The third-order valence-electron chi connectivity index (χ3n) is 2.67. The zero-order chi connectivity index (χ0) is 13.9. The molecule has 20 heavy (non-hydrogen) atoms. The van der Waals surface area contributed by atoms with E-state index in [0.717, 1.165) is 11.1 Å². The minimum atomic E-state index is 0.354. The fraction of sp³-hybridized carbons (Fsp3) is 0.0769. The Bertz CT molecular complexity index is 727. The molecule has 100 valence electrons. The molecule has 3 rings (SSSR count). The van der Waals surface area contributed by atoms with Gasteiger partial charge in [-0.25, -0.2) is 4.98 Å². The second-order valence-electron chi connectivity index (χ2n) is 4.05. The number of rotatable bonds is 3. The molecule has 5 nitrogen and oxygen atoms in total. The number of alkyl halides is 1. The summed E-state index contributed by atoms with van der Waals surface area (Å²) in [6, 6.07) is 11.3. The van der Waals surface area contributed by atoms with E-state index in [4.69, 9.17) is 23.2 Å². The number of halogens is 2. The standard InChI is InChI=1S/C13H9Cl2N5/c14-7-9-6-11(15)13(16-8-9)20-18-12(17-19-20)10-4-2-1-3-5-10/h1-6,8H,7H2. The van der Waals surface area contributed by atoms with Crippen LogP contribution in [0.1, 0.15) is 5.56 Å². The van der Waals surface area contributed by atoms with Crippen LogP contribution in [0.3, 0.4) is 0 Å². The average molecular weight is 306 g/mol. The summed E-state index contributed by atoms with van der Waals surface area (Å²) in [7, 11) is 0. The maximum absolute atomic E-state index is 6.15. The molecule has 3 aromatic rings. The Hall–Kier alpha value is -1.98. The minimum absolute atomic E-state index is 0.354. The van der Waals surface area contributed by atoms with Gasteiger partial charge in [0.1, 0.15) is 0 Å².